The highest BCUT2D eigenvalue weighted by atomic mass is 32.1. The van der Waals surface area contributed by atoms with E-state index in [9.17, 15) is 26.3 Å². The summed E-state index contributed by atoms with van der Waals surface area (Å²) in [4.78, 5) is 12.8. The van der Waals surface area contributed by atoms with E-state index in [-0.39, 0.29) is 28.5 Å². The third-order valence-electron chi connectivity index (χ3n) is 5.92. The van der Waals surface area contributed by atoms with Crippen LogP contribution in [0.15, 0.2) is 18.6 Å². The predicted molar refractivity (Wildman–Crippen MR) is 115 cm³/mol. The van der Waals surface area contributed by atoms with E-state index in [2.05, 4.69) is 30.5 Å². The van der Waals surface area contributed by atoms with Crippen molar-refractivity contribution in [1.82, 2.24) is 34.3 Å². The first-order chi connectivity index (χ1) is 16.4. The molecule has 5 aromatic rings. The van der Waals surface area contributed by atoms with Gasteiger partial charge in [0.05, 0.1) is 17.3 Å². The average Bonchev–Trinajstić information content (AvgIpc) is 3.45. The van der Waals surface area contributed by atoms with Crippen LogP contribution in [0, 0.1) is 6.92 Å². The standard InChI is InChI=1S/C20H14F6N8S/c1-7-3-10(19(21,22)23)30-18-12(7)13-14(35-18)17-31-15(32-33(17)6-27-13)9-5-28-34-11(20(24,25)26)4-8(2)29-16(9)34/h3,5-6,8,11,29H,4H2,1-2H3. The maximum atomic E-state index is 13.6. The molecule has 182 valence electrons. The van der Waals surface area contributed by atoms with Crippen LogP contribution in [-0.2, 0) is 6.18 Å². The normalized spacial score (nSPS) is 19.0. The number of aromatic nitrogens is 7. The second-order valence-corrected chi connectivity index (χ2v) is 9.42. The van der Waals surface area contributed by atoms with E-state index in [0.29, 0.717) is 26.8 Å². The summed E-state index contributed by atoms with van der Waals surface area (Å²) in [6.07, 6.45) is -6.62. The fourth-order valence-corrected chi connectivity index (χ4v) is 5.55. The lowest BCUT2D eigenvalue weighted by Gasteiger charge is -2.31. The largest absolute Gasteiger partial charge is 0.433 e. The first-order valence-electron chi connectivity index (χ1n) is 10.4. The molecular weight excluding hydrogens is 498 g/mol. The minimum Gasteiger partial charge on any atom is -0.367 e. The molecule has 0 spiro atoms. The van der Waals surface area contributed by atoms with Crippen LogP contribution in [0.1, 0.15) is 30.6 Å². The van der Waals surface area contributed by atoms with Gasteiger partial charge in [-0.2, -0.15) is 31.4 Å². The molecule has 0 bridgehead atoms. The molecule has 5 aromatic heterocycles. The Morgan fingerprint density at radius 1 is 1.14 bits per heavy atom. The van der Waals surface area contributed by atoms with Crippen molar-refractivity contribution in [2.75, 3.05) is 5.32 Å². The van der Waals surface area contributed by atoms with Crippen LogP contribution in [0.5, 0.6) is 0 Å². The van der Waals surface area contributed by atoms with E-state index in [1.807, 2.05) is 0 Å². The van der Waals surface area contributed by atoms with E-state index in [0.717, 1.165) is 22.1 Å². The number of nitrogens with zero attached hydrogens (tertiary/aromatic N) is 7. The highest BCUT2D eigenvalue weighted by Crippen LogP contribution is 2.43. The number of anilines is 1. The zero-order chi connectivity index (χ0) is 24.9. The van der Waals surface area contributed by atoms with Crippen molar-refractivity contribution in [2.45, 2.75) is 44.7 Å². The molecule has 35 heavy (non-hydrogen) atoms. The summed E-state index contributed by atoms with van der Waals surface area (Å²) in [6.45, 7) is 3.20. The third kappa shape index (κ3) is 3.31. The van der Waals surface area contributed by atoms with Gasteiger partial charge in [0.15, 0.2) is 17.5 Å². The fraction of sp³-hybridized carbons (Fsp3) is 0.350. The van der Waals surface area contributed by atoms with Crippen molar-refractivity contribution in [1.29, 1.82) is 0 Å². The number of pyridine rings is 1. The van der Waals surface area contributed by atoms with Crippen molar-refractivity contribution in [3.63, 3.8) is 0 Å². The van der Waals surface area contributed by atoms with Crippen molar-refractivity contribution >= 4 is 43.2 Å². The number of hydrogen-bond donors (Lipinski definition) is 1. The van der Waals surface area contributed by atoms with Gasteiger partial charge in [0.2, 0.25) is 0 Å². The molecule has 15 heteroatoms. The minimum atomic E-state index is -4.60. The second-order valence-electron chi connectivity index (χ2n) is 8.42. The molecule has 0 aliphatic carbocycles. The maximum absolute atomic E-state index is 13.6. The quantitative estimate of drug-likeness (QED) is 0.304. The molecule has 2 unspecified atom stereocenters. The number of rotatable bonds is 1. The molecule has 1 aliphatic heterocycles. The maximum Gasteiger partial charge on any atom is 0.433 e. The van der Waals surface area contributed by atoms with Crippen LogP contribution >= 0.6 is 11.3 Å². The molecule has 1 N–H and O–H groups in total. The van der Waals surface area contributed by atoms with Crippen molar-refractivity contribution < 1.29 is 26.3 Å². The lowest BCUT2D eigenvalue weighted by molar-refractivity contribution is -0.173. The van der Waals surface area contributed by atoms with E-state index >= 15 is 0 Å². The first kappa shape index (κ1) is 22.0. The molecule has 0 saturated heterocycles. The van der Waals surface area contributed by atoms with Gasteiger partial charge in [0, 0.05) is 11.4 Å². The minimum absolute atomic E-state index is 0.112. The SMILES string of the molecule is Cc1cc(C(F)(F)F)nc2sc3c(ncn4nc(-c5cnn6c5NC(C)CC6C(F)(F)F)nc34)c12. The number of thiophene rings is 1. The topological polar surface area (TPSA) is 85.8 Å². The Kier molecular flexibility index (Phi) is 4.41. The zero-order valence-electron chi connectivity index (χ0n) is 17.9. The van der Waals surface area contributed by atoms with E-state index in [4.69, 9.17) is 0 Å². The van der Waals surface area contributed by atoms with Gasteiger partial charge in [-0.1, -0.05) is 0 Å². The molecular formula is C20H14F6N8S. The van der Waals surface area contributed by atoms with E-state index in [1.54, 1.807) is 13.8 Å². The monoisotopic (exact) mass is 512 g/mol. The second kappa shape index (κ2) is 7.02. The van der Waals surface area contributed by atoms with Crippen molar-refractivity contribution in [2.24, 2.45) is 0 Å². The van der Waals surface area contributed by atoms with Gasteiger partial charge in [0.1, 0.15) is 27.4 Å². The highest BCUT2D eigenvalue weighted by molar-refractivity contribution is 7.26. The summed E-state index contributed by atoms with van der Waals surface area (Å²) in [5.41, 5.74) is 0.371. The Bertz CT molecular complexity index is 1630. The lowest BCUT2D eigenvalue weighted by Crippen LogP contribution is -2.38. The van der Waals surface area contributed by atoms with Gasteiger partial charge in [0.25, 0.3) is 0 Å². The Morgan fingerprint density at radius 3 is 2.63 bits per heavy atom. The Labute approximate surface area is 195 Å². The molecule has 0 radical (unpaired) electrons. The van der Waals surface area contributed by atoms with Crippen LogP contribution in [0.2, 0.25) is 0 Å². The Morgan fingerprint density at radius 2 is 1.91 bits per heavy atom. The third-order valence-corrected chi connectivity index (χ3v) is 6.99. The molecule has 0 aromatic carbocycles. The molecule has 0 fully saturated rings. The van der Waals surface area contributed by atoms with Gasteiger partial charge in [-0.05, 0) is 31.9 Å². The Hall–Kier alpha value is -3.49. The van der Waals surface area contributed by atoms with Gasteiger partial charge in [-0.15, -0.1) is 16.4 Å². The first-order valence-corrected chi connectivity index (χ1v) is 11.2. The summed E-state index contributed by atoms with van der Waals surface area (Å²) in [5.74, 6) is 0.260. The molecule has 0 amide bonds. The fourth-order valence-electron chi connectivity index (χ4n) is 4.37. The van der Waals surface area contributed by atoms with Crippen LogP contribution in [0.25, 0.3) is 37.5 Å². The van der Waals surface area contributed by atoms with Gasteiger partial charge < -0.3 is 5.32 Å². The van der Waals surface area contributed by atoms with Crippen LogP contribution < -0.4 is 5.32 Å². The molecule has 8 nitrogen and oxygen atoms in total. The summed E-state index contributed by atoms with van der Waals surface area (Å²) < 4.78 is 83.2. The predicted octanol–water partition coefficient (Wildman–Crippen LogP) is 5.39. The number of alkyl halides is 6. The smallest absolute Gasteiger partial charge is 0.367 e. The molecule has 6 heterocycles. The number of hydrogen-bond acceptors (Lipinski definition) is 7. The summed E-state index contributed by atoms with van der Waals surface area (Å²) in [7, 11) is 0. The van der Waals surface area contributed by atoms with Gasteiger partial charge in [-0.25, -0.2) is 24.1 Å². The molecule has 1 aliphatic rings. The van der Waals surface area contributed by atoms with Crippen molar-refractivity contribution in [3.05, 3.63) is 29.8 Å². The summed E-state index contributed by atoms with van der Waals surface area (Å²) in [5, 5.41) is 11.8. The van der Waals surface area contributed by atoms with E-state index < -0.39 is 30.1 Å². The number of halogens is 6. The number of aryl methyl sites for hydroxylation is 1. The molecule has 2 atom stereocenters. The van der Waals surface area contributed by atoms with Crippen LogP contribution in [0.4, 0.5) is 32.2 Å². The number of fused-ring (bicyclic) bond motifs is 6. The summed E-state index contributed by atoms with van der Waals surface area (Å²) in [6, 6.07) is -1.28. The van der Waals surface area contributed by atoms with Crippen LogP contribution in [0.3, 0.4) is 0 Å². The van der Waals surface area contributed by atoms with Crippen LogP contribution in [-0.4, -0.2) is 46.6 Å². The molecule has 0 saturated carbocycles. The zero-order valence-corrected chi connectivity index (χ0v) is 18.7. The molecule has 6 rings (SSSR count). The van der Waals surface area contributed by atoms with Crippen molar-refractivity contribution in [3.8, 4) is 11.4 Å². The lowest BCUT2D eigenvalue weighted by atomic mass is 10.1. The Balaban J connectivity index is 1.53. The van der Waals surface area contributed by atoms with Gasteiger partial charge >= 0.3 is 12.4 Å². The van der Waals surface area contributed by atoms with Gasteiger partial charge in [-0.3, -0.25) is 0 Å². The number of nitrogens with one attached hydrogen (secondary N) is 1. The summed E-state index contributed by atoms with van der Waals surface area (Å²) >= 11 is 0.997. The van der Waals surface area contributed by atoms with E-state index in [1.165, 1.54) is 17.0 Å². The average molecular weight is 512 g/mol. The highest BCUT2D eigenvalue weighted by Gasteiger charge is 2.46.